The van der Waals surface area contributed by atoms with E-state index in [1.165, 1.54) is 23.7 Å². The molecule has 1 heterocycles. The Morgan fingerprint density at radius 2 is 2.31 bits per heavy atom. The zero-order valence-corrected chi connectivity index (χ0v) is 10.5. The Morgan fingerprint density at radius 3 is 3.00 bits per heavy atom. The molecule has 0 radical (unpaired) electrons. The van der Waals surface area contributed by atoms with Crippen LogP contribution in [0, 0.1) is 5.82 Å². The van der Waals surface area contributed by atoms with Crippen LogP contribution >= 0.6 is 27.5 Å². The van der Waals surface area contributed by atoms with Gasteiger partial charge in [-0.3, -0.25) is 0 Å². The lowest BCUT2D eigenvalue weighted by Gasteiger charge is -2.09. The van der Waals surface area contributed by atoms with Gasteiger partial charge in [-0.1, -0.05) is 20.4 Å². The van der Waals surface area contributed by atoms with Crippen molar-refractivity contribution < 1.29 is 9.50 Å². The highest BCUT2D eigenvalue weighted by Gasteiger charge is 2.13. The highest BCUT2D eigenvalue weighted by Crippen LogP contribution is 2.24. The fraction of sp³-hybridized carbons (Fsp3) is 0.200. The van der Waals surface area contributed by atoms with Gasteiger partial charge in [0.25, 0.3) is 0 Å². The lowest BCUT2D eigenvalue weighted by Crippen LogP contribution is -2.03. The molecule has 0 bridgehead atoms. The summed E-state index contributed by atoms with van der Waals surface area (Å²) in [5.74, 6) is -0.318. The van der Waals surface area contributed by atoms with Crippen LogP contribution in [-0.2, 0) is 6.42 Å². The molecule has 1 atom stereocenters. The molecule has 0 spiro atoms. The number of aromatic nitrogens is 2. The topological polar surface area (TPSA) is 46.0 Å². The zero-order chi connectivity index (χ0) is 11.5. The molecular weight excluding hydrogens is 295 g/mol. The average molecular weight is 303 g/mol. The van der Waals surface area contributed by atoms with Crippen LogP contribution < -0.4 is 0 Å². The summed E-state index contributed by atoms with van der Waals surface area (Å²) in [7, 11) is 0. The van der Waals surface area contributed by atoms with Gasteiger partial charge < -0.3 is 5.11 Å². The molecule has 1 aromatic carbocycles. The summed E-state index contributed by atoms with van der Waals surface area (Å²) in [5, 5.41) is 15.3. The molecule has 1 N–H and O–H groups in total. The molecule has 0 saturated carbocycles. The Balaban J connectivity index is 2.17. The number of halogens is 2. The van der Waals surface area contributed by atoms with Gasteiger partial charge in [-0.2, -0.15) is 0 Å². The maximum absolute atomic E-state index is 13.0. The van der Waals surface area contributed by atoms with Crippen molar-refractivity contribution in [1.82, 2.24) is 9.59 Å². The van der Waals surface area contributed by atoms with E-state index in [1.54, 1.807) is 11.4 Å². The first kappa shape index (κ1) is 11.6. The van der Waals surface area contributed by atoms with Crippen molar-refractivity contribution in [3.05, 3.63) is 45.1 Å². The number of rotatable bonds is 3. The SMILES string of the molecule is OC(Cc1cc(F)ccc1Br)c1csnn1. The lowest BCUT2D eigenvalue weighted by molar-refractivity contribution is 0.173. The normalized spacial score (nSPS) is 12.7. The Hall–Kier alpha value is -0.850. The van der Waals surface area contributed by atoms with Crippen molar-refractivity contribution in [2.24, 2.45) is 0 Å². The quantitative estimate of drug-likeness (QED) is 0.948. The van der Waals surface area contributed by atoms with Crippen LogP contribution in [0.4, 0.5) is 4.39 Å². The van der Waals surface area contributed by atoms with E-state index < -0.39 is 6.10 Å². The monoisotopic (exact) mass is 302 g/mol. The van der Waals surface area contributed by atoms with Gasteiger partial charge in [0.05, 0.1) is 0 Å². The zero-order valence-electron chi connectivity index (χ0n) is 8.10. The van der Waals surface area contributed by atoms with E-state index in [0.29, 0.717) is 17.7 Å². The second-order valence-corrected chi connectivity index (χ2v) is 4.75. The molecule has 0 aliphatic heterocycles. The molecule has 2 rings (SSSR count). The number of aliphatic hydroxyl groups excluding tert-OH is 1. The summed E-state index contributed by atoms with van der Waals surface area (Å²) in [6.07, 6.45) is -0.444. The molecule has 1 unspecified atom stereocenters. The average Bonchev–Trinajstić information content (AvgIpc) is 2.76. The van der Waals surface area contributed by atoms with Crippen LogP contribution in [0.2, 0.25) is 0 Å². The number of nitrogens with zero attached hydrogens (tertiary/aromatic N) is 2. The minimum Gasteiger partial charge on any atom is -0.386 e. The second-order valence-electron chi connectivity index (χ2n) is 3.29. The van der Waals surface area contributed by atoms with Crippen molar-refractivity contribution in [2.75, 3.05) is 0 Å². The van der Waals surface area contributed by atoms with E-state index in [1.807, 2.05) is 0 Å². The first-order valence-corrected chi connectivity index (χ1v) is 6.18. The summed E-state index contributed by atoms with van der Waals surface area (Å²) in [5.41, 5.74) is 1.22. The van der Waals surface area contributed by atoms with E-state index in [4.69, 9.17) is 0 Å². The summed E-state index contributed by atoms with van der Waals surface area (Å²) >= 11 is 4.49. The molecular formula is C10H8BrFN2OS. The molecule has 0 aliphatic carbocycles. The van der Waals surface area contributed by atoms with E-state index in [-0.39, 0.29) is 5.82 Å². The Labute approximate surface area is 104 Å². The van der Waals surface area contributed by atoms with Crippen molar-refractivity contribution >= 4 is 27.5 Å². The molecule has 16 heavy (non-hydrogen) atoms. The standard InChI is InChI=1S/C10H8BrFN2OS/c11-8-2-1-7(12)3-6(8)4-10(15)9-5-16-14-13-9/h1-3,5,10,15H,4H2. The van der Waals surface area contributed by atoms with E-state index >= 15 is 0 Å². The van der Waals surface area contributed by atoms with Crippen LogP contribution in [0.25, 0.3) is 0 Å². The van der Waals surface area contributed by atoms with E-state index in [2.05, 4.69) is 25.5 Å². The highest BCUT2D eigenvalue weighted by molar-refractivity contribution is 9.10. The van der Waals surface area contributed by atoms with Gasteiger partial charge in [0.1, 0.15) is 17.6 Å². The molecule has 0 fully saturated rings. The van der Waals surface area contributed by atoms with Gasteiger partial charge >= 0.3 is 0 Å². The summed E-state index contributed by atoms with van der Waals surface area (Å²) in [4.78, 5) is 0. The molecule has 1 aromatic heterocycles. The Bertz CT molecular complexity index is 478. The van der Waals surface area contributed by atoms with Crippen LogP contribution in [0.1, 0.15) is 17.4 Å². The summed E-state index contributed by atoms with van der Waals surface area (Å²) < 4.78 is 17.5. The highest BCUT2D eigenvalue weighted by atomic mass is 79.9. The van der Waals surface area contributed by atoms with Gasteiger partial charge in [0, 0.05) is 16.3 Å². The van der Waals surface area contributed by atoms with Crippen molar-refractivity contribution in [3.8, 4) is 0 Å². The third-order valence-electron chi connectivity index (χ3n) is 2.14. The number of benzene rings is 1. The number of aliphatic hydroxyl groups is 1. The minimum absolute atomic E-state index is 0.309. The first-order chi connectivity index (χ1) is 7.66. The third-order valence-corrected chi connectivity index (χ3v) is 3.44. The van der Waals surface area contributed by atoms with Gasteiger partial charge in [-0.15, -0.1) is 5.10 Å². The predicted octanol–water partition coefficient (Wildman–Crippen LogP) is 2.72. The summed E-state index contributed by atoms with van der Waals surface area (Å²) in [6.45, 7) is 0. The van der Waals surface area contributed by atoms with Crippen molar-refractivity contribution in [3.63, 3.8) is 0 Å². The Morgan fingerprint density at radius 1 is 1.50 bits per heavy atom. The van der Waals surface area contributed by atoms with Crippen LogP contribution in [0.3, 0.4) is 0 Å². The molecule has 3 nitrogen and oxygen atoms in total. The maximum atomic E-state index is 13.0. The van der Waals surface area contributed by atoms with Gasteiger partial charge in [0.15, 0.2) is 0 Å². The van der Waals surface area contributed by atoms with Crippen molar-refractivity contribution in [1.29, 1.82) is 0 Å². The van der Waals surface area contributed by atoms with E-state index in [0.717, 1.165) is 4.47 Å². The van der Waals surface area contributed by atoms with E-state index in [9.17, 15) is 9.50 Å². The molecule has 0 amide bonds. The predicted molar refractivity (Wildman–Crippen MR) is 62.7 cm³/mol. The largest absolute Gasteiger partial charge is 0.386 e. The van der Waals surface area contributed by atoms with Gasteiger partial charge in [-0.05, 0) is 35.3 Å². The maximum Gasteiger partial charge on any atom is 0.123 e. The lowest BCUT2D eigenvalue weighted by atomic mass is 10.1. The van der Waals surface area contributed by atoms with Gasteiger partial charge in [0.2, 0.25) is 0 Å². The fourth-order valence-electron chi connectivity index (χ4n) is 1.33. The minimum atomic E-state index is -0.753. The molecule has 0 aliphatic rings. The fourth-order valence-corrected chi connectivity index (χ4v) is 2.24. The number of hydrogen-bond acceptors (Lipinski definition) is 4. The third kappa shape index (κ3) is 2.63. The smallest absolute Gasteiger partial charge is 0.123 e. The molecule has 84 valence electrons. The van der Waals surface area contributed by atoms with Gasteiger partial charge in [-0.25, -0.2) is 4.39 Å². The molecule has 6 heteroatoms. The van der Waals surface area contributed by atoms with Crippen LogP contribution in [0.5, 0.6) is 0 Å². The number of hydrogen-bond donors (Lipinski definition) is 1. The van der Waals surface area contributed by atoms with Crippen LogP contribution in [0.15, 0.2) is 28.1 Å². The Kier molecular flexibility index (Phi) is 3.63. The second kappa shape index (κ2) is 4.99. The first-order valence-electron chi connectivity index (χ1n) is 4.56. The van der Waals surface area contributed by atoms with Crippen LogP contribution in [-0.4, -0.2) is 14.7 Å². The molecule has 2 aromatic rings. The molecule has 0 saturated heterocycles. The van der Waals surface area contributed by atoms with Crippen molar-refractivity contribution in [2.45, 2.75) is 12.5 Å². The summed E-state index contributed by atoms with van der Waals surface area (Å²) in [6, 6.07) is 4.38.